The van der Waals surface area contributed by atoms with Crippen LogP contribution in [0.4, 0.5) is 0 Å². The van der Waals surface area contributed by atoms with Crippen LogP contribution in [0, 0.1) is 8.30 Å². The Kier molecular flexibility index (Phi) is 3.07. The van der Waals surface area contributed by atoms with E-state index in [1.54, 1.807) is 11.3 Å². The fourth-order valence-electron chi connectivity index (χ4n) is 2.07. The van der Waals surface area contributed by atoms with Crippen LogP contribution in [0.25, 0.3) is 0 Å². The van der Waals surface area contributed by atoms with Gasteiger partial charge in [-0.3, -0.25) is 4.79 Å². The van der Waals surface area contributed by atoms with Crippen LogP contribution in [0.15, 0.2) is 11.4 Å². The Morgan fingerprint density at radius 3 is 2.73 bits per heavy atom. The summed E-state index contributed by atoms with van der Waals surface area (Å²) in [6.45, 7) is 4.48. The maximum Gasteiger partial charge on any atom is 0.252 e. The van der Waals surface area contributed by atoms with Crippen molar-refractivity contribution >= 4 is 39.8 Å². The minimum absolute atomic E-state index is 0.0784. The number of carbonyl (C=O) groups excluding carboxylic acids is 1. The van der Waals surface area contributed by atoms with E-state index in [-0.39, 0.29) is 5.91 Å². The van der Waals surface area contributed by atoms with E-state index in [9.17, 15) is 4.79 Å². The average Bonchev–Trinajstić information content (AvgIpc) is 2.48. The summed E-state index contributed by atoms with van der Waals surface area (Å²) in [6, 6.07) is 2.31. The average molecular weight is 335 g/mol. The Bertz CT molecular complexity index is 378. The fourth-order valence-corrected chi connectivity index (χ4v) is 3.40. The van der Waals surface area contributed by atoms with Gasteiger partial charge in [0.1, 0.15) is 0 Å². The molecule has 4 heteroatoms. The van der Waals surface area contributed by atoms with Crippen molar-refractivity contribution in [2.45, 2.75) is 32.7 Å². The Balaban J connectivity index is 1.89. The molecule has 0 radical (unpaired) electrons. The van der Waals surface area contributed by atoms with Crippen LogP contribution in [0.5, 0.6) is 0 Å². The summed E-state index contributed by atoms with van der Waals surface area (Å²) in [6.07, 6.45) is 2.19. The lowest BCUT2D eigenvalue weighted by molar-refractivity contribution is 0.0803. The van der Waals surface area contributed by atoms with E-state index >= 15 is 0 Å². The second-order valence-electron chi connectivity index (χ2n) is 4.88. The van der Waals surface area contributed by atoms with Crippen molar-refractivity contribution in [2.24, 2.45) is 5.41 Å². The molecule has 1 aromatic heterocycles. The molecule has 1 N–H and O–H groups in total. The molecule has 1 fully saturated rings. The third-order valence-electron chi connectivity index (χ3n) is 2.76. The van der Waals surface area contributed by atoms with Crippen molar-refractivity contribution in [3.63, 3.8) is 0 Å². The number of halogens is 1. The van der Waals surface area contributed by atoms with Crippen molar-refractivity contribution in [1.29, 1.82) is 0 Å². The van der Waals surface area contributed by atoms with Gasteiger partial charge in [-0.1, -0.05) is 13.8 Å². The molecule has 1 aliphatic rings. The lowest BCUT2D eigenvalue weighted by atomic mass is 9.68. The number of amides is 1. The lowest BCUT2D eigenvalue weighted by Gasteiger charge is -2.42. The molecule has 82 valence electrons. The Morgan fingerprint density at radius 1 is 1.60 bits per heavy atom. The van der Waals surface area contributed by atoms with Gasteiger partial charge in [-0.2, -0.15) is 0 Å². The fraction of sp³-hybridized carbons (Fsp3) is 0.545. The van der Waals surface area contributed by atoms with Crippen molar-refractivity contribution in [3.05, 3.63) is 19.9 Å². The van der Waals surface area contributed by atoms with Gasteiger partial charge in [0.05, 0.1) is 8.45 Å². The van der Waals surface area contributed by atoms with E-state index in [0.29, 0.717) is 11.5 Å². The van der Waals surface area contributed by atoms with Crippen molar-refractivity contribution in [2.75, 3.05) is 0 Å². The van der Waals surface area contributed by atoms with Gasteiger partial charge in [0.15, 0.2) is 0 Å². The first kappa shape index (κ1) is 11.4. The van der Waals surface area contributed by atoms with E-state index in [4.69, 9.17) is 0 Å². The zero-order valence-corrected chi connectivity index (χ0v) is 11.8. The van der Waals surface area contributed by atoms with Crippen LogP contribution in [-0.4, -0.2) is 11.9 Å². The summed E-state index contributed by atoms with van der Waals surface area (Å²) in [4.78, 5) is 11.8. The number of thiophene rings is 1. The number of hydrogen-bond acceptors (Lipinski definition) is 2. The highest BCUT2D eigenvalue weighted by molar-refractivity contribution is 14.1. The molecule has 0 unspecified atom stereocenters. The van der Waals surface area contributed by atoms with Gasteiger partial charge in [0.25, 0.3) is 5.91 Å². The molecule has 0 saturated heterocycles. The summed E-state index contributed by atoms with van der Waals surface area (Å²) in [5.74, 6) is 0.0784. The molecular formula is C11H14INOS. The molecule has 0 atom stereocenters. The SMILES string of the molecule is CC1(C)CC(NC(=O)c2csc(I)c2)C1. The van der Waals surface area contributed by atoms with Crippen LogP contribution < -0.4 is 5.32 Å². The maximum atomic E-state index is 11.8. The van der Waals surface area contributed by atoms with E-state index in [1.807, 2.05) is 11.4 Å². The number of carbonyl (C=O) groups is 1. The third kappa shape index (κ3) is 2.72. The zero-order valence-electron chi connectivity index (χ0n) is 8.84. The summed E-state index contributed by atoms with van der Waals surface area (Å²) in [7, 11) is 0. The summed E-state index contributed by atoms with van der Waals surface area (Å²) >= 11 is 3.85. The Hall–Kier alpha value is -0.100. The highest BCUT2D eigenvalue weighted by atomic mass is 127. The number of rotatable bonds is 2. The molecule has 2 nitrogen and oxygen atoms in total. The monoisotopic (exact) mass is 335 g/mol. The molecule has 1 saturated carbocycles. The molecule has 0 aliphatic heterocycles. The van der Waals surface area contributed by atoms with Crippen molar-refractivity contribution in [1.82, 2.24) is 5.32 Å². The third-order valence-corrected chi connectivity index (χ3v) is 4.55. The minimum Gasteiger partial charge on any atom is -0.349 e. The van der Waals surface area contributed by atoms with Crippen LogP contribution in [0.2, 0.25) is 0 Å². The minimum atomic E-state index is 0.0784. The van der Waals surface area contributed by atoms with E-state index in [2.05, 4.69) is 41.8 Å². The molecule has 1 aliphatic carbocycles. The maximum absolute atomic E-state index is 11.8. The molecule has 1 heterocycles. The van der Waals surface area contributed by atoms with Gasteiger partial charge >= 0.3 is 0 Å². The predicted molar refractivity (Wildman–Crippen MR) is 71.3 cm³/mol. The van der Waals surface area contributed by atoms with Gasteiger partial charge in [-0.15, -0.1) is 11.3 Å². The highest BCUT2D eigenvalue weighted by Gasteiger charge is 2.36. The van der Waals surface area contributed by atoms with Crippen LogP contribution in [0.1, 0.15) is 37.0 Å². The normalized spacial score (nSPS) is 19.7. The highest BCUT2D eigenvalue weighted by Crippen LogP contribution is 2.39. The van der Waals surface area contributed by atoms with Crippen molar-refractivity contribution in [3.8, 4) is 0 Å². The topological polar surface area (TPSA) is 29.1 Å². The van der Waals surface area contributed by atoms with E-state index < -0.39 is 0 Å². The van der Waals surface area contributed by atoms with Crippen LogP contribution >= 0.6 is 33.9 Å². The second-order valence-corrected chi connectivity index (χ2v) is 7.69. The van der Waals surface area contributed by atoms with E-state index in [0.717, 1.165) is 21.3 Å². The van der Waals surface area contributed by atoms with Gasteiger partial charge < -0.3 is 5.32 Å². The molecule has 15 heavy (non-hydrogen) atoms. The number of hydrogen-bond donors (Lipinski definition) is 1. The van der Waals surface area contributed by atoms with Crippen LogP contribution in [-0.2, 0) is 0 Å². The second kappa shape index (κ2) is 4.05. The van der Waals surface area contributed by atoms with Crippen molar-refractivity contribution < 1.29 is 4.79 Å². The Morgan fingerprint density at radius 2 is 2.27 bits per heavy atom. The lowest BCUT2D eigenvalue weighted by Crippen LogP contribution is -2.48. The summed E-state index contributed by atoms with van der Waals surface area (Å²) < 4.78 is 1.16. The molecule has 0 bridgehead atoms. The largest absolute Gasteiger partial charge is 0.349 e. The van der Waals surface area contributed by atoms with E-state index in [1.165, 1.54) is 0 Å². The first-order valence-electron chi connectivity index (χ1n) is 5.01. The molecular weight excluding hydrogens is 321 g/mol. The predicted octanol–water partition coefficient (Wildman–Crippen LogP) is 3.27. The van der Waals surface area contributed by atoms with Crippen LogP contribution in [0.3, 0.4) is 0 Å². The first-order chi connectivity index (χ1) is 6.96. The van der Waals surface area contributed by atoms with Gasteiger partial charge in [-0.25, -0.2) is 0 Å². The molecule has 0 spiro atoms. The van der Waals surface area contributed by atoms with Gasteiger partial charge in [-0.05, 0) is 46.9 Å². The molecule has 1 amide bonds. The molecule has 2 rings (SSSR count). The Labute approximate surface area is 108 Å². The standard InChI is InChI=1S/C11H14INOS/c1-11(2)4-8(5-11)13-10(14)7-3-9(12)15-6-7/h3,6,8H,4-5H2,1-2H3,(H,13,14). The summed E-state index contributed by atoms with van der Waals surface area (Å²) in [5.41, 5.74) is 1.22. The summed E-state index contributed by atoms with van der Waals surface area (Å²) in [5, 5.41) is 4.98. The zero-order chi connectivity index (χ0) is 11.1. The van der Waals surface area contributed by atoms with Gasteiger partial charge in [0, 0.05) is 11.4 Å². The number of nitrogens with one attached hydrogen (secondary N) is 1. The quantitative estimate of drug-likeness (QED) is 0.826. The molecule has 0 aromatic carbocycles. The smallest absolute Gasteiger partial charge is 0.252 e. The molecule has 1 aromatic rings. The first-order valence-corrected chi connectivity index (χ1v) is 6.97. The van der Waals surface area contributed by atoms with Gasteiger partial charge in [0.2, 0.25) is 0 Å².